The molecule has 192 valence electrons. The molecule has 1 aliphatic heterocycles. The molecule has 0 saturated heterocycles. The van der Waals surface area contributed by atoms with E-state index < -0.39 is 0 Å². The Labute approximate surface area is 227 Å². The molecule has 0 unspecified atom stereocenters. The van der Waals surface area contributed by atoms with Crippen LogP contribution < -0.4 is 0 Å². The summed E-state index contributed by atoms with van der Waals surface area (Å²) in [5.41, 5.74) is 7.79. The summed E-state index contributed by atoms with van der Waals surface area (Å²) in [6.45, 7) is 7.19. The van der Waals surface area contributed by atoms with E-state index in [1.54, 1.807) is 11.8 Å². The number of rotatable bonds is 6. The van der Waals surface area contributed by atoms with Crippen molar-refractivity contribution in [3.8, 4) is 11.4 Å². The first-order chi connectivity index (χ1) is 17.5. The quantitative estimate of drug-likeness (QED) is 0.201. The highest BCUT2D eigenvalue weighted by Crippen LogP contribution is 2.29. The van der Waals surface area contributed by atoms with Crippen LogP contribution in [0.25, 0.3) is 33.4 Å². The van der Waals surface area contributed by atoms with Gasteiger partial charge in [-0.05, 0) is 68.1 Å². The van der Waals surface area contributed by atoms with E-state index in [9.17, 15) is 0 Å². The predicted octanol–water partition coefficient (Wildman–Crippen LogP) is 5.79. The number of halogens is 1. The van der Waals surface area contributed by atoms with Gasteiger partial charge in [0.15, 0.2) is 22.5 Å². The lowest BCUT2D eigenvalue weighted by Crippen LogP contribution is -2.27. The van der Waals surface area contributed by atoms with Gasteiger partial charge in [0.25, 0.3) is 0 Å². The van der Waals surface area contributed by atoms with E-state index in [0.717, 1.165) is 94.8 Å². The van der Waals surface area contributed by atoms with Gasteiger partial charge in [-0.3, -0.25) is 4.98 Å². The Morgan fingerprint density at radius 3 is 2.59 bits per heavy atom. The molecule has 0 spiro atoms. The zero-order valence-electron chi connectivity index (χ0n) is 21.4. The van der Waals surface area contributed by atoms with Gasteiger partial charge < -0.3 is 13.9 Å². The van der Waals surface area contributed by atoms with Crippen LogP contribution in [0.2, 0.25) is 0 Å². The van der Waals surface area contributed by atoms with Gasteiger partial charge in [-0.15, -0.1) is 22.6 Å². The molecule has 0 amide bonds. The van der Waals surface area contributed by atoms with Crippen molar-refractivity contribution in [3.05, 3.63) is 65.2 Å². The third-order valence-corrected chi connectivity index (χ3v) is 8.11. The number of nitrogens with zero attached hydrogens (tertiary/aromatic N) is 6. The van der Waals surface area contributed by atoms with Gasteiger partial charge in [-0.2, -0.15) is 0 Å². The second-order valence-corrected chi connectivity index (χ2v) is 10.6. The van der Waals surface area contributed by atoms with Crippen LogP contribution in [0, 0.1) is 13.8 Å². The number of oxazole rings is 1. The topological polar surface area (TPSA) is 72.9 Å². The van der Waals surface area contributed by atoms with Crippen LogP contribution in [0.4, 0.5) is 0 Å². The molecule has 0 radical (unpaired) electrons. The van der Waals surface area contributed by atoms with Gasteiger partial charge in [-0.25, -0.2) is 4.98 Å². The average molecular weight is 535 g/mol. The number of hydrogen-bond donors (Lipinski definition) is 0. The summed E-state index contributed by atoms with van der Waals surface area (Å²) in [6.07, 6.45) is 3.24. The molecule has 0 N–H and O–H groups in total. The summed E-state index contributed by atoms with van der Waals surface area (Å²) >= 11 is 1.78. The highest BCUT2D eigenvalue weighted by Gasteiger charge is 2.17. The maximum Gasteiger partial charge on any atom is 0.192 e. The Morgan fingerprint density at radius 2 is 1.76 bits per heavy atom. The summed E-state index contributed by atoms with van der Waals surface area (Å²) in [7, 11) is 2.05. The SMILES string of the molecule is Cc1ccc2c(-c3nnc(SCCCN4CCc5cc6nc(C)oc6cc5CC4)n3C)cccc2n1.Cl. The molecule has 37 heavy (non-hydrogen) atoms. The minimum Gasteiger partial charge on any atom is -0.441 e. The second-order valence-electron chi connectivity index (χ2n) is 9.56. The fraction of sp³-hybridized carbons (Fsp3) is 0.357. The lowest BCUT2D eigenvalue weighted by molar-refractivity contribution is 0.289. The van der Waals surface area contributed by atoms with Crippen LogP contribution in [0.1, 0.15) is 29.1 Å². The number of hydrogen-bond acceptors (Lipinski definition) is 7. The fourth-order valence-electron chi connectivity index (χ4n) is 5.11. The number of fused-ring (bicyclic) bond motifs is 3. The number of aromatic nitrogens is 5. The third kappa shape index (κ3) is 5.23. The van der Waals surface area contributed by atoms with Crippen molar-refractivity contribution < 1.29 is 4.42 Å². The molecule has 5 aromatic rings. The lowest BCUT2D eigenvalue weighted by Gasteiger charge is -2.19. The number of aryl methyl sites for hydroxylation is 2. The van der Waals surface area contributed by atoms with Crippen molar-refractivity contribution >= 4 is 46.2 Å². The molecular weight excluding hydrogens is 504 g/mol. The van der Waals surface area contributed by atoms with Crippen molar-refractivity contribution in [2.45, 2.75) is 38.3 Å². The van der Waals surface area contributed by atoms with Crippen LogP contribution >= 0.6 is 24.2 Å². The van der Waals surface area contributed by atoms with Gasteiger partial charge >= 0.3 is 0 Å². The first kappa shape index (κ1) is 25.7. The maximum absolute atomic E-state index is 5.74. The molecule has 6 rings (SSSR count). The number of benzene rings is 2. The fourth-order valence-corrected chi connectivity index (χ4v) is 5.95. The zero-order valence-corrected chi connectivity index (χ0v) is 23.0. The molecule has 7 nitrogen and oxygen atoms in total. The maximum atomic E-state index is 5.74. The minimum absolute atomic E-state index is 0. The van der Waals surface area contributed by atoms with E-state index in [0.29, 0.717) is 0 Å². The Morgan fingerprint density at radius 1 is 0.946 bits per heavy atom. The van der Waals surface area contributed by atoms with Gasteiger partial charge in [0.05, 0.1) is 5.52 Å². The van der Waals surface area contributed by atoms with E-state index >= 15 is 0 Å². The van der Waals surface area contributed by atoms with E-state index in [1.807, 2.05) is 19.9 Å². The molecule has 0 atom stereocenters. The molecule has 9 heteroatoms. The van der Waals surface area contributed by atoms with Gasteiger partial charge in [0.2, 0.25) is 0 Å². The van der Waals surface area contributed by atoms with Gasteiger partial charge in [0, 0.05) is 49.5 Å². The first-order valence-corrected chi connectivity index (χ1v) is 13.5. The smallest absolute Gasteiger partial charge is 0.192 e. The molecule has 3 aromatic heterocycles. The number of pyridine rings is 1. The largest absolute Gasteiger partial charge is 0.441 e. The molecule has 1 aliphatic rings. The molecule has 4 heterocycles. The van der Waals surface area contributed by atoms with Crippen molar-refractivity contribution in [1.82, 2.24) is 29.6 Å². The summed E-state index contributed by atoms with van der Waals surface area (Å²) in [4.78, 5) is 11.7. The van der Waals surface area contributed by atoms with Crippen molar-refractivity contribution in [2.75, 3.05) is 25.4 Å². The highest BCUT2D eigenvalue weighted by atomic mass is 35.5. The van der Waals surface area contributed by atoms with Crippen molar-refractivity contribution in [1.29, 1.82) is 0 Å². The molecule has 2 aromatic carbocycles. The Hall–Kier alpha value is -2.94. The van der Waals surface area contributed by atoms with Crippen LogP contribution in [0.15, 0.2) is 52.0 Å². The minimum atomic E-state index is 0. The Bertz CT molecular complexity index is 1520. The predicted molar refractivity (Wildman–Crippen MR) is 152 cm³/mol. The van der Waals surface area contributed by atoms with Crippen LogP contribution in [-0.2, 0) is 19.9 Å². The molecule has 0 fully saturated rings. The highest BCUT2D eigenvalue weighted by molar-refractivity contribution is 7.99. The monoisotopic (exact) mass is 534 g/mol. The molecule has 0 aliphatic carbocycles. The van der Waals surface area contributed by atoms with Crippen LogP contribution in [0.5, 0.6) is 0 Å². The third-order valence-electron chi connectivity index (χ3n) is 7.01. The summed E-state index contributed by atoms with van der Waals surface area (Å²) < 4.78 is 7.85. The van der Waals surface area contributed by atoms with E-state index in [-0.39, 0.29) is 12.4 Å². The van der Waals surface area contributed by atoms with E-state index in [2.05, 4.69) is 73.1 Å². The van der Waals surface area contributed by atoms with Crippen LogP contribution in [0.3, 0.4) is 0 Å². The first-order valence-electron chi connectivity index (χ1n) is 12.6. The standard InChI is InChI=1S/C28H30N6OS.ClH/c1-18-8-9-22-23(6-4-7-24(22)29-18)27-31-32-28(33(27)3)36-15-5-12-34-13-10-20-16-25-26(35-19(2)30-25)17-21(20)11-14-34;/h4,6-9,16-17H,5,10-15H2,1-3H3;1H. The van der Waals surface area contributed by atoms with E-state index in [4.69, 9.17) is 4.42 Å². The normalized spacial score (nSPS) is 14.0. The Balaban J connectivity index is 0.00000280. The van der Waals surface area contributed by atoms with Crippen molar-refractivity contribution in [2.24, 2.45) is 7.05 Å². The summed E-state index contributed by atoms with van der Waals surface area (Å²) in [5.74, 6) is 2.64. The van der Waals surface area contributed by atoms with Gasteiger partial charge in [0.1, 0.15) is 5.52 Å². The summed E-state index contributed by atoms with van der Waals surface area (Å²) in [6, 6.07) is 14.8. The average Bonchev–Trinajstić information content (AvgIpc) is 3.35. The molecule has 0 saturated carbocycles. The second kappa shape index (κ2) is 10.8. The lowest BCUT2D eigenvalue weighted by atomic mass is 10.0. The molecule has 0 bridgehead atoms. The van der Waals surface area contributed by atoms with E-state index in [1.165, 1.54) is 11.1 Å². The van der Waals surface area contributed by atoms with Crippen LogP contribution in [-0.4, -0.2) is 55.0 Å². The van der Waals surface area contributed by atoms with Gasteiger partial charge in [-0.1, -0.05) is 30.0 Å². The molecular formula is C28H31ClN6OS. The summed E-state index contributed by atoms with van der Waals surface area (Å²) in [5, 5.41) is 11.1. The Kier molecular flexibility index (Phi) is 7.51. The number of thioether (sulfide) groups is 1. The zero-order chi connectivity index (χ0) is 24.6. The van der Waals surface area contributed by atoms with Crippen molar-refractivity contribution in [3.63, 3.8) is 0 Å².